The van der Waals surface area contributed by atoms with E-state index in [9.17, 15) is 9.18 Å². The molecule has 2 aliphatic heterocycles. The lowest BCUT2D eigenvalue weighted by Gasteiger charge is -2.44. The monoisotopic (exact) mass is 428 g/mol. The lowest BCUT2D eigenvalue weighted by Crippen LogP contribution is -2.50. The number of benzene rings is 1. The van der Waals surface area contributed by atoms with Gasteiger partial charge in [-0.3, -0.25) is 9.69 Å². The van der Waals surface area contributed by atoms with Crippen LogP contribution in [0.15, 0.2) is 29.6 Å². The Bertz CT molecular complexity index is 857. The van der Waals surface area contributed by atoms with E-state index in [2.05, 4.69) is 14.5 Å². The molecule has 3 heterocycles. The van der Waals surface area contributed by atoms with Crippen LogP contribution in [0, 0.1) is 11.7 Å². The first-order valence-corrected chi connectivity index (χ1v) is 12.1. The number of piperidine rings is 1. The molecular weight excluding hydrogens is 399 g/mol. The second kappa shape index (κ2) is 8.71. The summed E-state index contributed by atoms with van der Waals surface area (Å²) in [6.45, 7) is 2.89. The van der Waals surface area contributed by atoms with Gasteiger partial charge in [-0.25, -0.2) is 4.39 Å². The van der Waals surface area contributed by atoms with Gasteiger partial charge in [-0.05, 0) is 67.4 Å². The number of aromatic nitrogens is 2. The van der Waals surface area contributed by atoms with Crippen molar-refractivity contribution < 1.29 is 9.18 Å². The molecule has 1 aliphatic carbocycles. The standard InChI is InChI=1S/C23H29FN4OS/c24-18-9-7-16(8-10-18)19-12-28(13-20(19)21-15-30-26-25-21)23(29)14-27-11-3-5-17-4-1-2-6-22(17)27/h7-10,15,17,19-20,22H,1-6,11-14H2/t17-,19-,20+,22+/m0/s1. The Labute approximate surface area is 181 Å². The highest BCUT2D eigenvalue weighted by molar-refractivity contribution is 7.03. The van der Waals surface area contributed by atoms with Crippen LogP contribution in [0.25, 0.3) is 0 Å². The summed E-state index contributed by atoms with van der Waals surface area (Å²) in [7, 11) is 0. The molecular formula is C23H29FN4OS. The maximum atomic E-state index is 13.5. The summed E-state index contributed by atoms with van der Waals surface area (Å²) in [4.78, 5) is 17.8. The zero-order chi connectivity index (χ0) is 20.5. The first kappa shape index (κ1) is 20.1. The predicted octanol–water partition coefficient (Wildman–Crippen LogP) is 4.04. The van der Waals surface area contributed by atoms with E-state index in [1.807, 2.05) is 22.4 Å². The summed E-state index contributed by atoms with van der Waals surface area (Å²) in [5, 5.41) is 6.28. The Morgan fingerprint density at radius 3 is 2.63 bits per heavy atom. The Morgan fingerprint density at radius 2 is 1.83 bits per heavy atom. The SMILES string of the molecule is O=C(CN1CCC[C@@H]2CCCC[C@H]21)N1C[C@@H](c2ccc(F)cc2)[C@H](c2csnn2)C1. The third-order valence-corrected chi connectivity index (χ3v) is 7.95. The van der Waals surface area contributed by atoms with Crippen LogP contribution in [0.4, 0.5) is 4.39 Å². The summed E-state index contributed by atoms with van der Waals surface area (Å²) in [5.74, 6) is 1.01. The van der Waals surface area contributed by atoms with Gasteiger partial charge in [0.25, 0.3) is 0 Å². The number of amides is 1. The van der Waals surface area contributed by atoms with Crippen LogP contribution in [-0.2, 0) is 4.79 Å². The lowest BCUT2D eigenvalue weighted by atomic mass is 9.78. The number of hydrogen-bond donors (Lipinski definition) is 0. The second-order valence-electron chi connectivity index (χ2n) is 9.12. The zero-order valence-corrected chi connectivity index (χ0v) is 18.1. The molecule has 0 unspecified atom stereocenters. The molecule has 1 aromatic heterocycles. The van der Waals surface area contributed by atoms with Crippen LogP contribution >= 0.6 is 11.5 Å². The summed E-state index contributed by atoms with van der Waals surface area (Å²) in [6, 6.07) is 7.29. The van der Waals surface area contributed by atoms with Crippen molar-refractivity contribution in [2.45, 2.75) is 56.4 Å². The quantitative estimate of drug-likeness (QED) is 0.737. The molecule has 1 saturated carbocycles. The van der Waals surface area contributed by atoms with Crippen molar-refractivity contribution in [2.24, 2.45) is 5.92 Å². The third kappa shape index (κ3) is 4.02. The van der Waals surface area contributed by atoms with E-state index in [0.29, 0.717) is 25.7 Å². The van der Waals surface area contributed by atoms with E-state index < -0.39 is 0 Å². The molecule has 0 bridgehead atoms. The summed E-state index contributed by atoms with van der Waals surface area (Å²) in [5.41, 5.74) is 2.00. The normalized spacial score (nSPS) is 29.7. The second-order valence-corrected chi connectivity index (χ2v) is 9.73. The summed E-state index contributed by atoms with van der Waals surface area (Å²) in [6.07, 6.45) is 7.73. The van der Waals surface area contributed by atoms with E-state index in [4.69, 9.17) is 0 Å². The Balaban J connectivity index is 1.32. The van der Waals surface area contributed by atoms with Crippen LogP contribution < -0.4 is 0 Å². The first-order valence-electron chi connectivity index (χ1n) is 11.2. The number of rotatable bonds is 4. The molecule has 5 rings (SSSR count). The molecule has 1 amide bonds. The number of nitrogens with zero attached hydrogens (tertiary/aromatic N) is 4. The Morgan fingerprint density at radius 1 is 1.07 bits per heavy atom. The fourth-order valence-electron chi connectivity index (χ4n) is 5.89. The highest BCUT2D eigenvalue weighted by Crippen LogP contribution is 2.40. The molecule has 30 heavy (non-hydrogen) atoms. The van der Waals surface area contributed by atoms with Gasteiger partial charge >= 0.3 is 0 Å². The summed E-state index contributed by atoms with van der Waals surface area (Å²) < 4.78 is 17.5. The number of fused-ring (bicyclic) bond motifs is 1. The average molecular weight is 429 g/mol. The molecule has 2 aromatic rings. The number of halogens is 1. The van der Waals surface area contributed by atoms with Crippen LogP contribution in [0.2, 0.25) is 0 Å². The molecule has 4 atom stereocenters. The molecule has 3 aliphatic rings. The maximum Gasteiger partial charge on any atom is 0.236 e. The van der Waals surface area contributed by atoms with Crippen molar-refractivity contribution in [3.8, 4) is 0 Å². The maximum absolute atomic E-state index is 13.5. The number of carbonyl (C=O) groups is 1. The van der Waals surface area contributed by atoms with Crippen LogP contribution in [-0.4, -0.2) is 57.5 Å². The first-order chi connectivity index (χ1) is 14.7. The molecule has 5 nitrogen and oxygen atoms in total. The van der Waals surface area contributed by atoms with Gasteiger partial charge in [0.15, 0.2) is 0 Å². The molecule has 2 saturated heterocycles. The van der Waals surface area contributed by atoms with E-state index >= 15 is 0 Å². The zero-order valence-electron chi connectivity index (χ0n) is 17.3. The Hall–Kier alpha value is -1.86. The minimum Gasteiger partial charge on any atom is -0.340 e. The van der Waals surface area contributed by atoms with Gasteiger partial charge in [-0.2, -0.15) is 0 Å². The van der Waals surface area contributed by atoms with Gasteiger partial charge in [0.1, 0.15) is 5.82 Å². The molecule has 0 N–H and O–H groups in total. The van der Waals surface area contributed by atoms with Crippen LogP contribution in [0.5, 0.6) is 0 Å². The van der Waals surface area contributed by atoms with Gasteiger partial charge in [-0.15, -0.1) is 5.10 Å². The molecule has 3 fully saturated rings. The van der Waals surface area contributed by atoms with E-state index in [-0.39, 0.29) is 23.6 Å². The highest BCUT2D eigenvalue weighted by atomic mass is 32.1. The van der Waals surface area contributed by atoms with Crippen molar-refractivity contribution >= 4 is 17.4 Å². The number of hydrogen-bond acceptors (Lipinski definition) is 5. The van der Waals surface area contributed by atoms with Crippen molar-refractivity contribution in [1.29, 1.82) is 0 Å². The van der Waals surface area contributed by atoms with E-state index in [1.54, 1.807) is 0 Å². The molecule has 160 valence electrons. The predicted molar refractivity (Wildman–Crippen MR) is 115 cm³/mol. The average Bonchev–Trinajstić information content (AvgIpc) is 3.45. The molecule has 0 radical (unpaired) electrons. The fraction of sp³-hybridized carbons (Fsp3) is 0.609. The summed E-state index contributed by atoms with van der Waals surface area (Å²) >= 11 is 1.34. The highest BCUT2D eigenvalue weighted by Gasteiger charge is 2.40. The minimum absolute atomic E-state index is 0.113. The number of carbonyl (C=O) groups excluding carboxylic acids is 1. The van der Waals surface area contributed by atoms with Crippen LogP contribution in [0.1, 0.15) is 61.6 Å². The molecule has 0 spiro atoms. The Kier molecular flexibility index (Phi) is 5.83. The van der Waals surface area contributed by atoms with Gasteiger partial charge in [0.2, 0.25) is 5.91 Å². The van der Waals surface area contributed by atoms with Crippen molar-refractivity contribution in [3.05, 3.63) is 46.7 Å². The van der Waals surface area contributed by atoms with Gasteiger partial charge in [-0.1, -0.05) is 29.5 Å². The van der Waals surface area contributed by atoms with Crippen LogP contribution in [0.3, 0.4) is 0 Å². The number of likely N-dealkylation sites (tertiary alicyclic amines) is 2. The van der Waals surface area contributed by atoms with Crippen molar-refractivity contribution in [1.82, 2.24) is 19.4 Å². The van der Waals surface area contributed by atoms with Crippen molar-refractivity contribution in [2.75, 3.05) is 26.2 Å². The van der Waals surface area contributed by atoms with E-state index in [1.165, 1.54) is 62.2 Å². The van der Waals surface area contributed by atoms with E-state index in [0.717, 1.165) is 23.7 Å². The molecule has 7 heteroatoms. The third-order valence-electron chi connectivity index (χ3n) is 7.42. The van der Waals surface area contributed by atoms with Gasteiger partial charge < -0.3 is 4.90 Å². The van der Waals surface area contributed by atoms with Gasteiger partial charge in [0, 0.05) is 36.3 Å². The topological polar surface area (TPSA) is 49.3 Å². The fourth-order valence-corrected chi connectivity index (χ4v) is 6.40. The largest absolute Gasteiger partial charge is 0.340 e. The van der Waals surface area contributed by atoms with Crippen molar-refractivity contribution in [3.63, 3.8) is 0 Å². The molecule has 1 aromatic carbocycles. The van der Waals surface area contributed by atoms with Gasteiger partial charge in [0.05, 0.1) is 12.2 Å². The smallest absolute Gasteiger partial charge is 0.236 e. The lowest BCUT2D eigenvalue weighted by molar-refractivity contribution is -0.133. The minimum atomic E-state index is -0.233.